The van der Waals surface area contributed by atoms with Gasteiger partial charge < -0.3 is 11.1 Å². The van der Waals surface area contributed by atoms with E-state index in [2.05, 4.69) is 38.0 Å². The molecule has 20 heavy (non-hydrogen) atoms. The van der Waals surface area contributed by atoms with E-state index in [-0.39, 0.29) is 5.41 Å². The number of fused-ring (bicyclic) bond motifs is 1. The van der Waals surface area contributed by atoms with Gasteiger partial charge in [0.1, 0.15) is 0 Å². The molecule has 0 spiro atoms. The topological polar surface area (TPSA) is 50.9 Å². The number of nitrogens with zero attached hydrogens (tertiary/aromatic N) is 1. The minimum absolute atomic E-state index is 0.280. The Bertz CT molecular complexity index is 588. The second-order valence-corrected chi connectivity index (χ2v) is 6.47. The second kappa shape index (κ2) is 5.80. The highest BCUT2D eigenvalue weighted by Crippen LogP contribution is 2.25. The number of rotatable bonds is 5. The number of benzene rings is 1. The highest BCUT2D eigenvalue weighted by molar-refractivity contribution is 5.90. The summed E-state index contributed by atoms with van der Waals surface area (Å²) in [5, 5.41) is 4.52. The van der Waals surface area contributed by atoms with E-state index in [4.69, 9.17) is 5.73 Å². The summed E-state index contributed by atoms with van der Waals surface area (Å²) in [6.07, 6.45) is 0. The number of aromatic nitrogens is 1. The molecule has 0 aliphatic heterocycles. The molecule has 0 atom stereocenters. The first-order chi connectivity index (χ1) is 9.40. The molecule has 0 aliphatic carbocycles. The molecular weight excluding hydrogens is 246 g/mol. The van der Waals surface area contributed by atoms with Crippen molar-refractivity contribution in [3.05, 3.63) is 36.0 Å². The number of nitrogens with one attached hydrogen (secondary N) is 1. The fourth-order valence-corrected chi connectivity index (χ4v) is 2.07. The van der Waals surface area contributed by atoms with Crippen LogP contribution in [-0.4, -0.2) is 11.5 Å². The molecule has 3 heteroatoms. The van der Waals surface area contributed by atoms with Gasteiger partial charge in [0.25, 0.3) is 0 Å². The zero-order valence-corrected chi connectivity index (χ0v) is 12.9. The van der Waals surface area contributed by atoms with Crippen LogP contribution in [0.4, 0.5) is 5.69 Å². The smallest absolute Gasteiger partial charge is 0.0726 e. The minimum Gasteiger partial charge on any atom is -0.398 e. The number of hydrogen-bond donors (Lipinski definition) is 2. The third kappa shape index (κ3) is 3.28. The van der Waals surface area contributed by atoms with Crippen molar-refractivity contribution in [3.63, 3.8) is 0 Å². The summed E-state index contributed by atoms with van der Waals surface area (Å²) in [5.41, 5.74) is 9.14. The second-order valence-electron chi connectivity index (χ2n) is 6.47. The fraction of sp³-hybridized carbons (Fsp3) is 0.471. The molecule has 2 aromatic rings. The molecule has 1 aromatic heterocycles. The van der Waals surface area contributed by atoms with Crippen LogP contribution < -0.4 is 11.1 Å². The predicted octanol–water partition coefficient (Wildman–Crippen LogP) is 3.59. The molecule has 0 fully saturated rings. The maximum atomic E-state index is 6.09. The zero-order valence-electron chi connectivity index (χ0n) is 12.9. The van der Waals surface area contributed by atoms with Crippen LogP contribution in [0.1, 0.15) is 33.4 Å². The summed E-state index contributed by atoms with van der Waals surface area (Å²) >= 11 is 0. The molecule has 2 rings (SSSR count). The first-order valence-corrected chi connectivity index (χ1v) is 7.25. The maximum absolute atomic E-state index is 6.09. The molecule has 0 bridgehead atoms. The normalized spacial score (nSPS) is 12.2. The maximum Gasteiger partial charge on any atom is 0.0726 e. The van der Waals surface area contributed by atoms with Crippen molar-refractivity contribution in [1.82, 2.24) is 10.3 Å². The van der Waals surface area contributed by atoms with Crippen LogP contribution >= 0.6 is 0 Å². The Morgan fingerprint density at radius 1 is 1.25 bits per heavy atom. The standard InChI is InChI=1S/C17H25N3/c1-12(2)17(3,4)11-19-10-13-9-15(18)14-7-5-6-8-16(14)20-13/h5-9,12,19H,10-11H2,1-4H3,(H2,18,20). The van der Waals surface area contributed by atoms with Crippen LogP contribution in [0, 0.1) is 11.3 Å². The quantitative estimate of drug-likeness (QED) is 0.873. The Morgan fingerprint density at radius 3 is 2.65 bits per heavy atom. The third-order valence-electron chi connectivity index (χ3n) is 4.25. The van der Waals surface area contributed by atoms with E-state index in [0.717, 1.165) is 35.4 Å². The summed E-state index contributed by atoms with van der Waals surface area (Å²) in [4.78, 5) is 4.66. The average molecular weight is 271 g/mol. The van der Waals surface area contributed by atoms with Crippen LogP contribution in [-0.2, 0) is 6.54 Å². The molecule has 0 saturated heterocycles. The molecule has 3 nitrogen and oxygen atoms in total. The summed E-state index contributed by atoms with van der Waals surface area (Å²) in [7, 11) is 0. The molecule has 0 aliphatic rings. The van der Waals surface area contributed by atoms with Crippen molar-refractivity contribution >= 4 is 16.6 Å². The van der Waals surface area contributed by atoms with Gasteiger partial charge in [-0.05, 0) is 23.5 Å². The van der Waals surface area contributed by atoms with E-state index in [9.17, 15) is 0 Å². The zero-order chi connectivity index (χ0) is 14.8. The van der Waals surface area contributed by atoms with Crippen molar-refractivity contribution in [1.29, 1.82) is 0 Å². The van der Waals surface area contributed by atoms with E-state index in [1.807, 2.05) is 30.3 Å². The highest BCUT2D eigenvalue weighted by Gasteiger charge is 2.21. The van der Waals surface area contributed by atoms with Crippen LogP contribution in [0.5, 0.6) is 0 Å². The molecule has 3 N–H and O–H groups in total. The third-order valence-corrected chi connectivity index (χ3v) is 4.25. The van der Waals surface area contributed by atoms with Crippen LogP contribution in [0.2, 0.25) is 0 Å². The first kappa shape index (κ1) is 14.8. The summed E-state index contributed by atoms with van der Waals surface area (Å²) < 4.78 is 0. The van der Waals surface area contributed by atoms with Gasteiger partial charge in [-0.3, -0.25) is 4.98 Å². The molecule has 0 saturated carbocycles. The van der Waals surface area contributed by atoms with Crippen molar-refractivity contribution in [3.8, 4) is 0 Å². The first-order valence-electron chi connectivity index (χ1n) is 7.25. The number of anilines is 1. The van der Waals surface area contributed by atoms with Gasteiger partial charge in [-0.15, -0.1) is 0 Å². The van der Waals surface area contributed by atoms with Gasteiger partial charge >= 0.3 is 0 Å². The Labute approximate surface area is 121 Å². The molecule has 0 amide bonds. The lowest BCUT2D eigenvalue weighted by Gasteiger charge is -2.29. The number of pyridine rings is 1. The minimum atomic E-state index is 0.280. The van der Waals surface area contributed by atoms with Gasteiger partial charge in [0.15, 0.2) is 0 Å². The van der Waals surface area contributed by atoms with Gasteiger partial charge in [0.2, 0.25) is 0 Å². The molecule has 0 radical (unpaired) electrons. The SMILES string of the molecule is CC(C)C(C)(C)CNCc1cc(N)c2ccccc2n1. The van der Waals surface area contributed by atoms with Gasteiger partial charge in [-0.2, -0.15) is 0 Å². The van der Waals surface area contributed by atoms with E-state index in [1.165, 1.54) is 0 Å². The highest BCUT2D eigenvalue weighted by atomic mass is 14.9. The van der Waals surface area contributed by atoms with Gasteiger partial charge in [-0.1, -0.05) is 45.9 Å². The molecule has 1 aromatic carbocycles. The van der Waals surface area contributed by atoms with Crippen molar-refractivity contribution < 1.29 is 0 Å². The largest absolute Gasteiger partial charge is 0.398 e. The van der Waals surface area contributed by atoms with Crippen LogP contribution in [0.3, 0.4) is 0 Å². The summed E-state index contributed by atoms with van der Waals surface area (Å²) in [5.74, 6) is 0.643. The van der Waals surface area contributed by atoms with E-state index >= 15 is 0 Å². The Balaban J connectivity index is 2.07. The lowest BCUT2D eigenvalue weighted by atomic mass is 9.81. The van der Waals surface area contributed by atoms with Gasteiger partial charge in [-0.25, -0.2) is 0 Å². The predicted molar refractivity (Wildman–Crippen MR) is 86.5 cm³/mol. The van der Waals surface area contributed by atoms with E-state index < -0.39 is 0 Å². The molecule has 1 heterocycles. The van der Waals surface area contributed by atoms with Gasteiger partial charge in [0.05, 0.1) is 11.2 Å². The summed E-state index contributed by atoms with van der Waals surface area (Å²) in [6.45, 7) is 10.8. The Hall–Kier alpha value is -1.61. The van der Waals surface area contributed by atoms with Gasteiger partial charge in [0, 0.05) is 24.2 Å². The number of nitrogen functional groups attached to an aromatic ring is 1. The van der Waals surface area contributed by atoms with Crippen molar-refractivity contribution in [2.45, 2.75) is 34.2 Å². The van der Waals surface area contributed by atoms with Crippen LogP contribution in [0.25, 0.3) is 10.9 Å². The average Bonchev–Trinajstić information content (AvgIpc) is 2.38. The van der Waals surface area contributed by atoms with Crippen molar-refractivity contribution in [2.24, 2.45) is 11.3 Å². The Morgan fingerprint density at radius 2 is 1.95 bits per heavy atom. The van der Waals surface area contributed by atoms with Crippen LogP contribution in [0.15, 0.2) is 30.3 Å². The van der Waals surface area contributed by atoms with Crippen molar-refractivity contribution in [2.75, 3.05) is 12.3 Å². The van der Waals surface area contributed by atoms with E-state index in [1.54, 1.807) is 0 Å². The lowest BCUT2D eigenvalue weighted by Crippen LogP contribution is -2.33. The monoisotopic (exact) mass is 271 g/mol. The molecule has 108 valence electrons. The number of para-hydroxylation sites is 1. The van der Waals surface area contributed by atoms with E-state index in [0.29, 0.717) is 5.92 Å². The fourth-order valence-electron chi connectivity index (χ4n) is 2.07. The molecule has 0 unspecified atom stereocenters. The number of nitrogens with two attached hydrogens (primary N) is 1. The Kier molecular flexibility index (Phi) is 4.29. The summed E-state index contributed by atoms with van der Waals surface area (Å²) in [6, 6.07) is 9.97. The number of hydrogen-bond acceptors (Lipinski definition) is 3. The lowest BCUT2D eigenvalue weighted by molar-refractivity contribution is 0.237. The molecular formula is C17H25N3.